The molecule has 23 heavy (non-hydrogen) atoms. The Labute approximate surface area is 139 Å². The molecule has 3 nitrogen and oxygen atoms in total. The topological polar surface area (TPSA) is 41.5 Å². The Morgan fingerprint density at radius 3 is 2.35 bits per heavy atom. The van der Waals surface area contributed by atoms with E-state index < -0.39 is 6.10 Å². The van der Waals surface area contributed by atoms with Crippen LogP contribution in [0.4, 0.5) is 0 Å². The average molecular weight is 313 g/mol. The molecule has 0 bridgehead atoms. The molecule has 0 saturated heterocycles. The summed E-state index contributed by atoms with van der Waals surface area (Å²) >= 11 is 0. The minimum absolute atomic E-state index is 0.201. The molecular formula is C20H27NO2. The number of nitrogens with one attached hydrogen (secondary N) is 1. The number of ether oxygens (including phenoxy) is 1. The molecule has 0 aromatic heterocycles. The highest BCUT2D eigenvalue weighted by molar-refractivity contribution is 5.33. The van der Waals surface area contributed by atoms with Crippen molar-refractivity contribution in [1.82, 2.24) is 5.32 Å². The monoisotopic (exact) mass is 313 g/mol. The summed E-state index contributed by atoms with van der Waals surface area (Å²) in [6.07, 6.45) is -0.540. The minimum Gasteiger partial charge on any atom is -0.491 e. The minimum atomic E-state index is -0.540. The Balaban J connectivity index is 1.81. The van der Waals surface area contributed by atoms with Crippen LogP contribution in [0.3, 0.4) is 0 Å². The Hall–Kier alpha value is -1.84. The number of aliphatic hydroxyl groups excluding tert-OH is 1. The molecule has 0 aliphatic carbocycles. The summed E-state index contributed by atoms with van der Waals surface area (Å²) in [6.45, 7) is 9.09. The van der Waals surface area contributed by atoms with E-state index in [-0.39, 0.29) is 12.6 Å². The molecular weight excluding hydrogens is 286 g/mol. The number of hydrogen-bond acceptors (Lipinski definition) is 3. The summed E-state index contributed by atoms with van der Waals surface area (Å²) in [4.78, 5) is 0. The number of rotatable bonds is 7. The normalized spacial score (nSPS) is 13.6. The Morgan fingerprint density at radius 2 is 1.70 bits per heavy atom. The molecule has 2 rings (SSSR count). The van der Waals surface area contributed by atoms with E-state index in [4.69, 9.17) is 4.74 Å². The molecule has 2 aromatic rings. The maximum Gasteiger partial charge on any atom is 0.119 e. The van der Waals surface area contributed by atoms with Gasteiger partial charge in [0.2, 0.25) is 0 Å². The van der Waals surface area contributed by atoms with Crippen LogP contribution in [0.2, 0.25) is 0 Å². The first-order valence-electron chi connectivity index (χ1n) is 8.14. The van der Waals surface area contributed by atoms with Crippen LogP contribution in [0.1, 0.15) is 35.2 Å². The Morgan fingerprint density at radius 1 is 1.04 bits per heavy atom. The van der Waals surface area contributed by atoms with Crippen molar-refractivity contribution < 1.29 is 9.84 Å². The molecule has 0 aliphatic rings. The van der Waals surface area contributed by atoms with Gasteiger partial charge >= 0.3 is 0 Å². The van der Waals surface area contributed by atoms with Crippen molar-refractivity contribution in [3.05, 3.63) is 64.7 Å². The maximum atomic E-state index is 10.1. The lowest BCUT2D eigenvalue weighted by atomic mass is 10.0. The van der Waals surface area contributed by atoms with Crippen LogP contribution in [0.5, 0.6) is 5.75 Å². The van der Waals surface area contributed by atoms with Gasteiger partial charge in [-0.25, -0.2) is 0 Å². The van der Waals surface area contributed by atoms with Crippen LogP contribution in [0, 0.1) is 20.8 Å². The van der Waals surface area contributed by atoms with E-state index in [0.717, 1.165) is 5.75 Å². The third kappa shape index (κ3) is 5.38. The third-order valence-electron chi connectivity index (χ3n) is 3.95. The van der Waals surface area contributed by atoms with E-state index in [1.165, 1.54) is 22.3 Å². The molecule has 2 aromatic carbocycles. The predicted molar refractivity (Wildman–Crippen MR) is 95.0 cm³/mol. The predicted octanol–water partition coefficient (Wildman–Crippen LogP) is 3.70. The van der Waals surface area contributed by atoms with Gasteiger partial charge in [0.1, 0.15) is 18.5 Å². The zero-order chi connectivity index (χ0) is 16.8. The van der Waals surface area contributed by atoms with Gasteiger partial charge in [-0.1, -0.05) is 30.3 Å². The van der Waals surface area contributed by atoms with Crippen LogP contribution < -0.4 is 10.1 Å². The molecule has 0 radical (unpaired) electrons. The van der Waals surface area contributed by atoms with Gasteiger partial charge in [0, 0.05) is 12.6 Å². The second-order valence-electron chi connectivity index (χ2n) is 6.27. The van der Waals surface area contributed by atoms with Crippen LogP contribution in [-0.2, 0) is 0 Å². The largest absolute Gasteiger partial charge is 0.491 e. The number of hydrogen-bond donors (Lipinski definition) is 2. The van der Waals surface area contributed by atoms with E-state index in [1.54, 1.807) is 0 Å². The van der Waals surface area contributed by atoms with Crippen molar-refractivity contribution in [1.29, 1.82) is 0 Å². The molecule has 0 spiro atoms. The standard InChI is InChI=1S/C20H27NO2/c1-14-9-15(2)11-19(10-14)23-13-18(22)12-21-17(4)20-8-6-5-7-16(20)3/h5-11,17-18,21-22H,12-13H2,1-4H3. The highest BCUT2D eigenvalue weighted by Crippen LogP contribution is 2.17. The van der Waals surface area contributed by atoms with E-state index in [0.29, 0.717) is 6.54 Å². The highest BCUT2D eigenvalue weighted by atomic mass is 16.5. The second kappa shape index (κ2) is 8.14. The van der Waals surface area contributed by atoms with Gasteiger partial charge in [-0.05, 0) is 62.1 Å². The van der Waals surface area contributed by atoms with Gasteiger partial charge in [-0.2, -0.15) is 0 Å². The zero-order valence-corrected chi connectivity index (χ0v) is 14.5. The average Bonchev–Trinajstić information content (AvgIpc) is 2.50. The molecule has 0 amide bonds. The van der Waals surface area contributed by atoms with Crippen LogP contribution >= 0.6 is 0 Å². The van der Waals surface area contributed by atoms with E-state index >= 15 is 0 Å². The van der Waals surface area contributed by atoms with Gasteiger partial charge in [0.05, 0.1) is 0 Å². The molecule has 3 heteroatoms. The zero-order valence-electron chi connectivity index (χ0n) is 14.5. The van der Waals surface area contributed by atoms with E-state index in [1.807, 2.05) is 38.1 Å². The van der Waals surface area contributed by atoms with Crippen molar-refractivity contribution in [3.8, 4) is 5.75 Å². The van der Waals surface area contributed by atoms with Crippen LogP contribution in [0.15, 0.2) is 42.5 Å². The number of aryl methyl sites for hydroxylation is 3. The fraction of sp³-hybridized carbons (Fsp3) is 0.400. The fourth-order valence-electron chi connectivity index (χ4n) is 2.76. The first kappa shape index (κ1) is 17.5. The lowest BCUT2D eigenvalue weighted by Gasteiger charge is -2.19. The smallest absolute Gasteiger partial charge is 0.119 e. The van der Waals surface area contributed by atoms with Crippen molar-refractivity contribution >= 4 is 0 Å². The van der Waals surface area contributed by atoms with Crippen molar-refractivity contribution in [3.63, 3.8) is 0 Å². The number of aliphatic hydroxyl groups is 1. The lowest BCUT2D eigenvalue weighted by Crippen LogP contribution is -2.33. The molecule has 124 valence electrons. The molecule has 0 saturated carbocycles. The summed E-state index contributed by atoms with van der Waals surface area (Å²) in [5.41, 5.74) is 4.85. The third-order valence-corrected chi connectivity index (χ3v) is 3.95. The molecule has 2 N–H and O–H groups in total. The van der Waals surface area contributed by atoms with Gasteiger partial charge in [-0.15, -0.1) is 0 Å². The summed E-state index contributed by atoms with van der Waals surface area (Å²) in [5, 5.41) is 13.5. The Bertz CT molecular complexity index is 619. The molecule has 2 atom stereocenters. The van der Waals surface area contributed by atoms with Gasteiger partial charge in [0.25, 0.3) is 0 Å². The first-order chi connectivity index (χ1) is 11.0. The summed E-state index contributed by atoms with van der Waals surface area (Å²) in [5.74, 6) is 0.813. The highest BCUT2D eigenvalue weighted by Gasteiger charge is 2.11. The van der Waals surface area contributed by atoms with Gasteiger partial charge in [0.15, 0.2) is 0 Å². The quantitative estimate of drug-likeness (QED) is 0.819. The summed E-state index contributed by atoms with van der Waals surface area (Å²) in [7, 11) is 0. The van der Waals surface area contributed by atoms with Crippen molar-refractivity contribution in [2.75, 3.05) is 13.2 Å². The maximum absolute atomic E-state index is 10.1. The second-order valence-corrected chi connectivity index (χ2v) is 6.27. The van der Waals surface area contributed by atoms with Gasteiger partial charge in [-0.3, -0.25) is 0 Å². The molecule has 0 heterocycles. The summed E-state index contributed by atoms with van der Waals surface area (Å²) in [6, 6.07) is 14.6. The lowest BCUT2D eigenvalue weighted by molar-refractivity contribution is 0.104. The first-order valence-corrected chi connectivity index (χ1v) is 8.14. The SMILES string of the molecule is Cc1cc(C)cc(OCC(O)CNC(C)c2ccccc2C)c1. The fourth-order valence-corrected chi connectivity index (χ4v) is 2.76. The molecule has 0 aliphatic heterocycles. The van der Waals surface area contributed by atoms with Crippen LogP contribution in [-0.4, -0.2) is 24.4 Å². The summed E-state index contributed by atoms with van der Waals surface area (Å²) < 4.78 is 5.70. The van der Waals surface area contributed by atoms with E-state index in [2.05, 4.69) is 37.4 Å². The Kier molecular flexibility index (Phi) is 6.20. The van der Waals surface area contributed by atoms with Gasteiger partial charge < -0.3 is 15.2 Å². The molecule has 0 fully saturated rings. The number of benzene rings is 2. The van der Waals surface area contributed by atoms with Crippen LogP contribution in [0.25, 0.3) is 0 Å². The van der Waals surface area contributed by atoms with E-state index in [9.17, 15) is 5.11 Å². The molecule has 2 unspecified atom stereocenters. The van der Waals surface area contributed by atoms with Crippen molar-refractivity contribution in [2.24, 2.45) is 0 Å². The van der Waals surface area contributed by atoms with Crippen molar-refractivity contribution in [2.45, 2.75) is 39.8 Å².